The Bertz CT molecular complexity index is 1160. The van der Waals surface area contributed by atoms with Gasteiger partial charge >= 0.3 is 12.1 Å². The van der Waals surface area contributed by atoms with Crippen LogP contribution in [-0.4, -0.2) is 40.7 Å². The number of alkyl carbamates (subject to hydrolysis) is 1. The van der Waals surface area contributed by atoms with Crippen molar-refractivity contribution in [1.82, 2.24) is 10.3 Å². The summed E-state index contributed by atoms with van der Waals surface area (Å²) in [5.41, 5.74) is 4.70. The molecule has 34 heavy (non-hydrogen) atoms. The van der Waals surface area contributed by atoms with Gasteiger partial charge in [0.15, 0.2) is 0 Å². The second kappa shape index (κ2) is 10.2. The van der Waals surface area contributed by atoms with Crippen LogP contribution in [0.1, 0.15) is 47.3 Å². The standard InChI is InChI=1S/C26H25N3O5/c1-2-7-22(24(30)28-16-12-13-23(25(31)32)27-14-16)29-26(33)34-15-21-19-10-5-3-8-17(19)18-9-4-6-11-20(18)21/h3-6,8-14,21-22H,2,7,15H2,1H3,(H,28,30)(H,29,33)(H,31,32)/t22-/m0/s1. The molecule has 1 aromatic heterocycles. The van der Waals surface area contributed by atoms with Gasteiger partial charge in [-0.3, -0.25) is 4.79 Å². The van der Waals surface area contributed by atoms with Crippen molar-refractivity contribution >= 4 is 23.7 Å². The van der Waals surface area contributed by atoms with E-state index in [0.29, 0.717) is 18.5 Å². The molecule has 1 aliphatic carbocycles. The lowest BCUT2D eigenvalue weighted by Gasteiger charge is -2.19. The molecule has 8 nitrogen and oxygen atoms in total. The quantitative estimate of drug-likeness (QED) is 0.459. The molecule has 2 amide bonds. The molecule has 3 N–H and O–H groups in total. The van der Waals surface area contributed by atoms with Gasteiger partial charge in [-0.25, -0.2) is 14.6 Å². The minimum atomic E-state index is -1.15. The smallest absolute Gasteiger partial charge is 0.407 e. The minimum Gasteiger partial charge on any atom is -0.477 e. The van der Waals surface area contributed by atoms with E-state index in [1.807, 2.05) is 43.3 Å². The molecule has 4 rings (SSSR count). The van der Waals surface area contributed by atoms with Crippen molar-refractivity contribution in [3.63, 3.8) is 0 Å². The predicted molar refractivity (Wildman–Crippen MR) is 127 cm³/mol. The van der Waals surface area contributed by atoms with Crippen molar-refractivity contribution in [2.75, 3.05) is 11.9 Å². The van der Waals surface area contributed by atoms with Gasteiger partial charge in [0.25, 0.3) is 0 Å². The number of pyridine rings is 1. The summed E-state index contributed by atoms with van der Waals surface area (Å²) in [5, 5.41) is 14.2. The first kappa shape index (κ1) is 23.0. The fraction of sp³-hybridized carbons (Fsp3) is 0.231. The summed E-state index contributed by atoms with van der Waals surface area (Å²) in [6, 6.07) is 18.1. The van der Waals surface area contributed by atoms with Crippen LogP contribution in [0.15, 0.2) is 66.9 Å². The number of amides is 2. The zero-order chi connectivity index (χ0) is 24.1. The van der Waals surface area contributed by atoms with Crippen LogP contribution >= 0.6 is 0 Å². The van der Waals surface area contributed by atoms with E-state index < -0.39 is 24.0 Å². The Labute approximate surface area is 197 Å². The Hall–Kier alpha value is -4.20. The van der Waals surface area contributed by atoms with Crippen molar-refractivity contribution in [3.05, 3.63) is 83.7 Å². The van der Waals surface area contributed by atoms with Crippen molar-refractivity contribution in [3.8, 4) is 11.1 Å². The third-order valence-corrected chi connectivity index (χ3v) is 5.78. The van der Waals surface area contributed by atoms with Gasteiger partial charge in [0.1, 0.15) is 18.3 Å². The number of nitrogens with zero attached hydrogens (tertiary/aromatic N) is 1. The Kier molecular flexibility index (Phi) is 6.87. The number of aromatic nitrogens is 1. The first-order valence-corrected chi connectivity index (χ1v) is 11.1. The number of anilines is 1. The summed E-state index contributed by atoms with van der Waals surface area (Å²) in [5.74, 6) is -1.66. The largest absolute Gasteiger partial charge is 0.477 e. The number of ether oxygens (including phenoxy) is 1. The molecule has 0 bridgehead atoms. The van der Waals surface area contributed by atoms with E-state index in [1.54, 1.807) is 0 Å². The first-order valence-electron chi connectivity index (χ1n) is 11.1. The van der Waals surface area contributed by atoms with E-state index in [0.717, 1.165) is 22.3 Å². The monoisotopic (exact) mass is 459 g/mol. The van der Waals surface area contributed by atoms with Crippen LogP contribution in [-0.2, 0) is 9.53 Å². The van der Waals surface area contributed by atoms with Crippen LogP contribution in [0.25, 0.3) is 11.1 Å². The summed E-state index contributed by atoms with van der Waals surface area (Å²) in [6.45, 7) is 2.06. The molecule has 0 aliphatic heterocycles. The van der Waals surface area contributed by atoms with Crippen molar-refractivity contribution in [2.24, 2.45) is 0 Å². The van der Waals surface area contributed by atoms with Gasteiger partial charge in [-0.1, -0.05) is 61.9 Å². The lowest BCUT2D eigenvalue weighted by atomic mass is 9.98. The second-order valence-corrected chi connectivity index (χ2v) is 8.04. The number of aromatic carboxylic acids is 1. The molecule has 1 atom stereocenters. The Balaban J connectivity index is 1.39. The van der Waals surface area contributed by atoms with Crippen LogP contribution in [0.5, 0.6) is 0 Å². The van der Waals surface area contributed by atoms with Crippen LogP contribution < -0.4 is 10.6 Å². The zero-order valence-electron chi connectivity index (χ0n) is 18.7. The highest BCUT2D eigenvalue weighted by atomic mass is 16.5. The first-order chi connectivity index (χ1) is 16.5. The molecule has 0 fully saturated rings. The maximum atomic E-state index is 12.7. The average molecular weight is 460 g/mol. The number of fused-ring (bicyclic) bond motifs is 3. The lowest BCUT2D eigenvalue weighted by Crippen LogP contribution is -2.44. The molecule has 0 saturated carbocycles. The molecule has 0 unspecified atom stereocenters. The fourth-order valence-electron chi connectivity index (χ4n) is 4.16. The molecular formula is C26H25N3O5. The molecule has 3 aromatic rings. The van der Waals surface area contributed by atoms with Gasteiger partial charge < -0.3 is 20.5 Å². The Morgan fingerprint density at radius 1 is 1.00 bits per heavy atom. The topological polar surface area (TPSA) is 118 Å². The predicted octanol–water partition coefficient (Wildman–Crippen LogP) is 4.43. The summed E-state index contributed by atoms with van der Waals surface area (Å²) < 4.78 is 5.55. The third kappa shape index (κ3) is 4.91. The SMILES string of the molecule is CCC[C@H](NC(=O)OCC1c2ccccc2-c2ccccc21)C(=O)Nc1ccc(C(=O)O)nc1. The number of benzene rings is 2. The molecular weight excluding hydrogens is 434 g/mol. The molecule has 0 saturated heterocycles. The van der Waals surface area contributed by atoms with Crippen LogP contribution in [0.4, 0.5) is 10.5 Å². The van der Waals surface area contributed by atoms with E-state index in [4.69, 9.17) is 9.84 Å². The maximum Gasteiger partial charge on any atom is 0.407 e. The second-order valence-electron chi connectivity index (χ2n) is 8.04. The minimum absolute atomic E-state index is 0.0737. The van der Waals surface area contributed by atoms with Gasteiger partial charge in [-0.05, 0) is 40.8 Å². The summed E-state index contributed by atoms with van der Waals surface area (Å²) >= 11 is 0. The van der Waals surface area contributed by atoms with Gasteiger partial charge in [0, 0.05) is 5.92 Å². The average Bonchev–Trinajstić information content (AvgIpc) is 3.16. The number of hydrogen-bond donors (Lipinski definition) is 3. The van der Waals surface area contributed by atoms with E-state index in [2.05, 4.69) is 27.8 Å². The third-order valence-electron chi connectivity index (χ3n) is 5.78. The van der Waals surface area contributed by atoms with Gasteiger partial charge in [-0.15, -0.1) is 0 Å². The number of carbonyl (C=O) groups is 3. The molecule has 0 radical (unpaired) electrons. The van der Waals surface area contributed by atoms with Crippen molar-refractivity contribution in [2.45, 2.75) is 31.7 Å². The van der Waals surface area contributed by atoms with Gasteiger partial charge in [0.2, 0.25) is 5.91 Å². The van der Waals surface area contributed by atoms with Gasteiger partial charge in [-0.2, -0.15) is 0 Å². The number of carboxylic acids is 1. The zero-order valence-corrected chi connectivity index (χ0v) is 18.7. The van der Waals surface area contributed by atoms with E-state index in [1.165, 1.54) is 18.3 Å². The van der Waals surface area contributed by atoms with Gasteiger partial charge in [0.05, 0.1) is 11.9 Å². The lowest BCUT2D eigenvalue weighted by molar-refractivity contribution is -0.118. The number of carboxylic acid groups (broad SMARTS) is 1. The van der Waals surface area contributed by atoms with Crippen LogP contribution in [0.2, 0.25) is 0 Å². The van der Waals surface area contributed by atoms with Crippen molar-refractivity contribution in [1.29, 1.82) is 0 Å². The molecule has 174 valence electrons. The summed E-state index contributed by atoms with van der Waals surface area (Å²) in [7, 11) is 0. The fourth-order valence-corrected chi connectivity index (χ4v) is 4.16. The summed E-state index contributed by atoms with van der Waals surface area (Å²) in [6.07, 6.45) is 1.67. The molecule has 1 heterocycles. The van der Waals surface area contributed by atoms with Crippen molar-refractivity contribution < 1.29 is 24.2 Å². The molecule has 0 spiro atoms. The Morgan fingerprint density at radius 2 is 1.65 bits per heavy atom. The number of nitrogens with one attached hydrogen (secondary N) is 2. The Morgan fingerprint density at radius 3 is 2.21 bits per heavy atom. The number of rotatable bonds is 8. The highest BCUT2D eigenvalue weighted by Crippen LogP contribution is 2.44. The molecule has 8 heteroatoms. The summed E-state index contributed by atoms with van der Waals surface area (Å²) in [4.78, 5) is 40.0. The molecule has 1 aliphatic rings. The highest BCUT2D eigenvalue weighted by molar-refractivity contribution is 5.96. The van der Waals surface area contributed by atoms with Crippen LogP contribution in [0.3, 0.4) is 0 Å². The van der Waals surface area contributed by atoms with E-state index in [9.17, 15) is 14.4 Å². The molecule has 2 aromatic carbocycles. The highest BCUT2D eigenvalue weighted by Gasteiger charge is 2.29. The normalized spacial score (nSPS) is 12.9. The van der Waals surface area contributed by atoms with E-state index in [-0.39, 0.29) is 18.2 Å². The number of hydrogen-bond acceptors (Lipinski definition) is 5. The maximum absolute atomic E-state index is 12.7. The van der Waals surface area contributed by atoms with E-state index >= 15 is 0 Å². The van der Waals surface area contributed by atoms with Crippen LogP contribution in [0, 0.1) is 0 Å². The number of carbonyl (C=O) groups excluding carboxylic acids is 2.